The van der Waals surface area contributed by atoms with Gasteiger partial charge in [-0.25, -0.2) is 0 Å². The van der Waals surface area contributed by atoms with Crippen LogP contribution in [0, 0.1) is 37.5 Å². The lowest BCUT2D eigenvalue weighted by molar-refractivity contribution is 0.528. The fourth-order valence-corrected chi connectivity index (χ4v) is 1.50. The summed E-state index contributed by atoms with van der Waals surface area (Å²) in [6.45, 7) is 10.9. The Bertz CT molecular complexity index is 425. The molecule has 0 saturated carbocycles. The average molecular weight is 216 g/mol. The lowest BCUT2D eigenvalue weighted by Gasteiger charge is -2.19. The first kappa shape index (κ1) is 12.6. The van der Waals surface area contributed by atoms with Crippen LogP contribution in [0.3, 0.4) is 0 Å². The molecule has 0 aliphatic heterocycles. The van der Waals surface area contributed by atoms with E-state index in [-0.39, 0.29) is 5.41 Å². The summed E-state index contributed by atoms with van der Waals surface area (Å²) < 4.78 is 0. The van der Waals surface area contributed by atoms with E-state index >= 15 is 0 Å². The van der Waals surface area contributed by atoms with E-state index in [1.54, 1.807) is 0 Å². The van der Waals surface area contributed by atoms with Gasteiger partial charge in [0.1, 0.15) is 0 Å². The summed E-state index contributed by atoms with van der Waals surface area (Å²) >= 11 is 0. The summed E-state index contributed by atoms with van der Waals surface area (Å²) in [7, 11) is 0. The van der Waals surface area contributed by atoms with Crippen molar-refractivity contribution in [1.29, 1.82) is 5.26 Å². The van der Waals surface area contributed by atoms with Crippen LogP contribution in [0.25, 0.3) is 0 Å². The Balaban J connectivity index is 2.85. The largest absolute Gasteiger partial charge is 0.383 e. The fourth-order valence-electron chi connectivity index (χ4n) is 1.50. The van der Waals surface area contributed by atoms with Gasteiger partial charge in [0.25, 0.3) is 0 Å². The van der Waals surface area contributed by atoms with Crippen LogP contribution in [0.2, 0.25) is 0 Å². The molecule has 1 N–H and O–H groups in total. The van der Waals surface area contributed by atoms with Gasteiger partial charge < -0.3 is 5.32 Å². The molecule has 0 spiro atoms. The molecule has 0 aromatic heterocycles. The molecular weight excluding hydrogens is 196 g/mol. The van der Waals surface area contributed by atoms with Gasteiger partial charge >= 0.3 is 0 Å². The quantitative estimate of drug-likeness (QED) is 0.838. The van der Waals surface area contributed by atoms with Gasteiger partial charge in [-0.2, -0.15) is 5.26 Å². The normalized spacial score (nSPS) is 11.0. The number of benzene rings is 1. The molecule has 0 atom stereocenters. The van der Waals surface area contributed by atoms with Crippen molar-refractivity contribution in [2.75, 3.05) is 11.9 Å². The molecule has 1 aromatic rings. The molecule has 0 unspecified atom stereocenters. The molecule has 0 aliphatic rings. The van der Waals surface area contributed by atoms with Gasteiger partial charge in [-0.3, -0.25) is 0 Å². The van der Waals surface area contributed by atoms with Crippen LogP contribution in [-0.2, 0) is 0 Å². The minimum absolute atomic E-state index is 0.328. The monoisotopic (exact) mass is 216 g/mol. The Morgan fingerprint density at radius 2 is 1.81 bits per heavy atom. The second kappa shape index (κ2) is 4.57. The highest BCUT2D eigenvalue weighted by Crippen LogP contribution is 2.23. The number of hydrogen-bond donors (Lipinski definition) is 1. The van der Waals surface area contributed by atoms with E-state index in [0.29, 0.717) is 6.54 Å². The zero-order chi connectivity index (χ0) is 12.3. The molecule has 0 bridgehead atoms. The summed E-state index contributed by atoms with van der Waals surface area (Å²) in [4.78, 5) is 0. The average Bonchev–Trinajstić information content (AvgIpc) is 2.25. The van der Waals surface area contributed by atoms with E-state index < -0.39 is 0 Å². The lowest BCUT2D eigenvalue weighted by Crippen LogP contribution is -2.21. The second-order valence-corrected chi connectivity index (χ2v) is 5.03. The van der Waals surface area contributed by atoms with Gasteiger partial charge in [0.15, 0.2) is 0 Å². The zero-order valence-corrected chi connectivity index (χ0v) is 10.8. The zero-order valence-electron chi connectivity index (χ0n) is 10.8. The number of aryl methyl sites for hydroxylation is 1. The fraction of sp³-hybridized carbons (Fsp3) is 0.500. The van der Waals surface area contributed by atoms with E-state index in [4.69, 9.17) is 5.26 Å². The van der Waals surface area contributed by atoms with Crippen LogP contribution in [0.15, 0.2) is 12.1 Å². The first-order valence-corrected chi connectivity index (χ1v) is 5.59. The Labute approximate surface area is 98.3 Å². The molecule has 2 nitrogen and oxygen atoms in total. The van der Waals surface area contributed by atoms with Gasteiger partial charge in [0, 0.05) is 12.2 Å². The van der Waals surface area contributed by atoms with Crippen LogP contribution >= 0.6 is 0 Å². The van der Waals surface area contributed by atoms with E-state index in [0.717, 1.165) is 5.69 Å². The van der Waals surface area contributed by atoms with Gasteiger partial charge in [0.2, 0.25) is 0 Å². The topological polar surface area (TPSA) is 35.8 Å². The molecule has 0 fully saturated rings. The van der Waals surface area contributed by atoms with Crippen LogP contribution in [-0.4, -0.2) is 6.54 Å². The molecule has 1 aromatic carbocycles. The SMILES string of the molecule is Cc1ccc(NCC(C)(C)C#N)c(C)c1C. The van der Waals surface area contributed by atoms with Crippen molar-refractivity contribution in [3.05, 3.63) is 28.8 Å². The molecule has 0 heterocycles. The third kappa shape index (κ3) is 2.76. The minimum atomic E-state index is -0.328. The van der Waals surface area contributed by atoms with Crippen molar-refractivity contribution in [2.45, 2.75) is 34.6 Å². The Morgan fingerprint density at radius 3 is 2.38 bits per heavy atom. The Morgan fingerprint density at radius 1 is 1.19 bits per heavy atom. The van der Waals surface area contributed by atoms with Gasteiger partial charge in [-0.05, 0) is 57.4 Å². The third-order valence-corrected chi connectivity index (χ3v) is 3.08. The van der Waals surface area contributed by atoms with Crippen LogP contribution < -0.4 is 5.32 Å². The molecule has 86 valence electrons. The summed E-state index contributed by atoms with van der Waals surface area (Å²) in [6, 6.07) is 6.50. The highest BCUT2D eigenvalue weighted by molar-refractivity contribution is 5.56. The second-order valence-electron chi connectivity index (χ2n) is 5.03. The van der Waals surface area contributed by atoms with Gasteiger partial charge in [-0.15, -0.1) is 0 Å². The molecule has 2 heteroatoms. The first-order chi connectivity index (χ1) is 7.37. The molecule has 0 radical (unpaired) electrons. The predicted octanol–water partition coefficient (Wildman–Crippen LogP) is 3.57. The number of anilines is 1. The number of rotatable bonds is 3. The van der Waals surface area contributed by atoms with Crippen molar-refractivity contribution < 1.29 is 0 Å². The van der Waals surface area contributed by atoms with Gasteiger partial charge in [-0.1, -0.05) is 6.07 Å². The van der Waals surface area contributed by atoms with Crippen molar-refractivity contribution in [3.8, 4) is 6.07 Å². The maximum absolute atomic E-state index is 8.95. The van der Waals surface area contributed by atoms with Crippen LogP contribution in [0.5, 0.6) is 0 Å². The van der Waals surface area contributed by atoms with Gasteiger partial charge in [0.05, 0.1) is 11.5 Å². The maximum atomic E-state index is 8.95. The highest BCUT2D eigenvalue weighted by Gasteiger charge is 2.16. The molecular formula is C14H20N2. The third-order valence-electron chi connectivity index (χ3n) is 3.08. The van der Waals surface area contributed by atoms with E-state index in [9.17, 15) is 0 Å². The molecule has 0 amide bonds. The molecule has 0 aliphatic carbocycles. The lowest BCUT2D eigenvalue weighted by atomic mass is 9.95. The number of nitrogens with one attached hydrogen (secondary N) is 1. The van der Waals surface area contributed by atoms with E-state index in [1.807, 2.05) is 13.8 Å². The molecule has 16 heavy (non-hydrogen) atoms. The summed E-state index contributed by atoms with van der Waals surface area (Å²) in [5.41, 5.74) is 4.70. The van der Waals surface area contributed by atoms with Crippen molar-refractivity contribution >= 4 is 5.69 Å². The van der Waals surface area contributed by atoms with Crippen LogP contribution in [0.1, 0.15) is 30.5 Å². The number of hydrogen-bond acceptors (Lipinski definition) is 2. The summed E-state index contributed by atoms with van der Waals surface area (Å²) in [5.74, 6) is 0. The van der Waals surface area contributed by atoms with E-state index in [2.05, 4.69) is 44.3 Å². The maximum Gasteiger partial charge on any atom is 0.0702 e. The summed E-state index contributed by atoms with van der Waals surface area (Å²) in [6.07, 6.45) is 0. The Kier molecular flexibility index (Phi) is 3.59. The van der Waals surface area contributed by atoms with Crippen molar-refractivity contribution in [2.24, 2.45) is 5.41 Å². The molecule has 0 saturated heterocycles. The number of nitrogens with zero attached hydrogens (tertiary/aromatic N) is 1. The standard InChI is InChI=1S/C14H20N2/c1-10-6-7-13(12(3)11(10)2)16-9-14(4,5)8-15/h6-7,16H,9H2,1-5H3. The number of nitriles is 1. The highest BCUT2D eigenvalue weighted by atomic mass is 14.9. The smallest absolute Gasteiger partial charge is 0.0702 e. The van der Waals surface area contributed by atoms with Crippen molar-refractivity contribution in [1.82, 2.24) is 0 Å². The predicted molar refractivity (Wildman–Crippen MR) is 68.5 cm³/mol. The minimum Gasteiger partial charge on any atom is -0.383 e. The van der Waals surface area contributed by atoms with E-state index in [1.165, 1.54) is 16.7 Å². The van der Waals surface area contributed by atoms with Crippen LogP contribution in [0.4, 0.5) is 5.69 Å². The Hall–Kier alpha value is -1.49. The summed E-state index contributed by atoms with van der Waals surface area (Å²) in [5, 5.41) is 12.3. The first-order valence-electron chi connectivity index (χ1n) is 5.59. The molecule has 1 rings (SSSR count). The van der Waals surface area contributed by atoms with Crippen molar-refractivity contribution in [3.63, 3.8) is 0 Å².